The third-order valence-electron chi connectivity index (χ3n) is 4.31. The molecule has 0 spiro atoms. The highest BCUT2D eigenvalue weighted by atomic mass is 35.5. The maximum Gasteiger partial charge on any atom is 0.436 e. The Labute approximate surface area is 184 Å². The first kappa shape index (κ1) is 22.5. The number of alkyl halides is 3. The Morgan fingerprint density at radius 3 is 2.37 bits per heavy atom. The highest BCUT2D eigenvalue weighted by Crippen LogP contribution is 2.36. The lowest BCUT2D eigenvalue weighted by Gasteiger charge is -2.13. The summed E-state index contributed by atoms with van der Waals surface area (Å²) in [7, 11) is 0. The fraction of sp³-hybridized carbons (Fsp3) is 0.278. The summed E-state index contributed by atoms with van der Waals surface area (Å²) < 4.78 is 41.5. The summed E-state index contributed by atoms with van der Waals surface area (Å²) in [5.74, 6) is -0.570. The van der Waals surface area contributed by atoms with Crippen molar-refractivity contribution >= 4 is 46.5 Å². The number of carbonyl (C=O) groups is 1. The van der Waals surface area contributed by atoms with Gasteiger partial charge in [0.15, 0.2) is 11.5 Å². The number of carbonyl (C=O) groups excluding carboxylic acids is 1. The molecule has 160 valence electrons. The molecule has 0 saturated heterocycles. The van der Waals surface area contributed by atoms with Gasteiger partial charge in [-0.25, -0.2) is 0 Å². The van der Waals surface area contributed by atoms with Gasteiger partial charge in [-0.3, -0.25) is 14.2 Å². The molecule has 0 bridgehead atoms. The van der Waals surface area contributed by atoms with Gasteiger partial charge in [0.05, 0.1) is 17.3 Å². The molecule has 0 fully saturated rings. The maximum absolute atomic E-state index is 13.0. The van der Waals surface area contributed by atoms with Crippen LogP contribution in [0.4, 0.5) is 19.0 Å². The molecule has 1 unspecified atom stereocenters. The summed E-state index contributed by atoms with van der Waals surface area (Å²) in [6.45, 7) is 3.12. The molecule has 30 heavy (non-hydrogen) atoms. The smallest absolute Gasteiger partial charge is 0.306 e. The van der Waals surface area contributed by atoms with Gasteiger partial charge in [0, 0.05) is 11.2 Å². The number of nitrogens with zero attached hydrogens (tertiary/aromatic N) is 4. The van der Waals surface area contributed by atoms with Gasteiger partial charge in [0.1, 0.15) is 11.1 Å². The highest BCUT2D eigenvalue weighted by molar-refractivity contribution is 6.33. The minimum atomic E-state index is -4.73. The summed E-state index contributed by atoms with van der Waals surface area (Å²) in [6.07, 6.45) is -3.21. The number of hydrogen-bond donors (Lipinski definition) is 1. The third-order valence-corrected chi connectivity index (χ3v) is 5.29. The van der Waals surface area contributed by atoms with Gasteiger partial charge in [0.25, 0.3) is 0 Å². The van der Waals surface area contributed by atoms with Crippen LogP contribution in [0, 0.1) is 6.92 Å². The van der Waals surface area contributed by atoms with Crippen molar-refractivity contribution in [2.75, 3.05) is 5.32 Å². The molecule has 1 atom stereocenters. The largest absolute Gasteiger partial charge is 0.436 e. The molecule has 0 aliphatic rings. The number of benzene rings is 1. The van der Waals surface area contributed by atoms with E-state index in [0.717, 1.165) is 10.2 Å². The van der Waals surface area contributed by atoms with Gasteiger partial charge in [-0.1, -0.05) is 46.9 Å². The SMILES string of the molecule is Cc1c(Cl)c(C(F)(F)F)nn1C(C)C(=O)Nc1nn(Cc2ccc(Cl)cc2)cc1Cl. The van der Waals surface area contributed by atoms with E-state index in [0.29, 0.717) is 11.6 Å². The molecule has 0 aliphatic heterocycles. The zero-order valence-electron chi connectivity index (χ0n) is 15.6. The van der Waals surface area contributed by atoms with Gasteiger partial charge in [-0.15, -0.1) is 0 Å². The number of aromatic nitrogens is 4. The summed E-state index contributed by atoms with van der Waals surface area (Å²) in [5, 5.41) is 10.4. The summed E-state index contributed by atoms with van der Waals surface area (Å²) in [5.41, 5.74) is -0.316. The molecule has 0 saturated carbocycles. The normalized spacial score (nSPS) is 12.8. The number of anilines is 1. The molecular weight excluding hydrogens is 466 g/mol. The van der Waals surface area contributed by atoms with E-state index in [-0.39, 0.29) is 16.5 Å². The second-order valence-corrected chi connectivity index (χ2v) is 7.73. The number of hydrogen-bond acceptors (Lipinski definition) is 3. The van der Waals surface area contributed by atoms with Crippen LogP contribution in [0.25, 0.3) is 0 Å². The molecule has 1 N–H and O–H groups in total. The molecule has 0 aliphatic carbocycles. The minimum absolute atomic E-state index is 0.0195. The van der Waals surface area contributed by atoms with Crippen molar-refractivity contribution in [2.24, 2.45) is 0 Å². The lowest BCUT2D eigenvalue weighted by molar-refractivity contribution is -0.141. The van der Waals surface area contributed by atoms with E-state index in [1.54, 1.807) is 12.1 Å². The molecule has 1 aromatic carbocycles. The maximum atomic E-state index is 13.0. The lowest BCUT2D eigenvalue weighted by Crippen LogP contribution is -2.26. The van der Waals surface area contributed by atoms with Crippen molar-refractivity contribution in [3.63, 3.8) is 0 Å². The molecule has 6 nitrogen and oxygen atoms in total. The van der Waals surface area contributed by atoms with Crippen molar-refractivity contribution in [3.05, 3.63) is 62.5 Å². The van der Waals surface area contributed by atoms with Crippen LogP contribution >= 0.6 is 34.8 Å². The Kier molecular flexibility index (Phi) is 6.35. The summed E-state index contributed by atoms with van der Waals surface area (Å²) >= 11 is 17.7. The fourth-order valence-corrected chi connectivity index (χ4v) is 3.28. The van der Waals surface area contributed by atoms with Gasteiger partial charge in [-0.2, -0.15) is 23.4 Å². The van der Waals surface area contributed by atoms with E-state index >= 15 is 0 Å². The Balaban J connectivity index is 1.76. The first-order valence-electron chi connectivity index (χ1n) is 8.57. The predicted molar refractivity (Wildman–Crippen MR) is 108 cm³/mol. The Bertz CT molecular complexity index is 1080. The van der Waals surface area contributed by atoms with Gasteiger partial charge in [-0.05, 0) is 31.5 Å². The second-order valence-electron chi connectivity index (χ2n) is 6.51. The van der Waals surface area contributed by atoms with Gasteiger partial charge in [0.2, 0.25) is 5.91 Å². The van der Waals surface area contributed by atoms with E-state index in [2.05, 4.69) is 15.5 Å². The van der Waals surface area contributed by atoms with Crippen LogP contribution in [0.5, 0.6) is 0 Å². The Hall–Kier alpha value is -2.23. The van der Waals surface area contributed by atoms with Crippen molar-refractivity contribution in [1.29, 1.82) is 0 Å². The summed E-state index contributed by atoms with van der Waals surface area (Å²) in [6, 6.07) is 6.02. The second kappa shape index (κ2) is 8.49. The molecular formula is C18H15Cl3F3N5O. The average Bonchev–Trinajstić information content (AvgIpc) is 3.16. The average molecular weight is 481 g/mol. The van der Waals surface area contributed by atoms with Crippen molar-refractivity contribution in [3.8, 4) is 0 Å². The van der Waals surface area contributed by atoms with Crippen LogP contribution in [-0.4, -0.2) is 25.5 Å². The number of amides is 1. The molecule has 12 heteroatoms. The molecule has 0 radical (unpaired) electrons. The Morgan fingerprint density at radius 1 is 1.17 bits per heavy atom. The lowest BCUT2D eigenvalue weighted by atomic mass is 10.2. The molecule has 1 amide bonds. The quantitative estimate of drug-likeness (QED) is 0.516. The first-order valence-corrected chi connectivity index (χ1v) is 9.70. The van der Waals surface area contributed by atoms with Crippen molar-refractivity contribution in [2.45, 2.75) is 32.6 Å². The number of halogens is 6. The van der Waals surface area contributed by atoms with E-state index in [4.69, 9.17) is 34.8 Å². The minimum Gasteiger partial charge on any atom is -0.306 e. The van der Waals surface area contributed by atoms with Crippen molar-refractivity contribution in [1.82, 2.24) is 19.6 Å². The van der Waals surface area contributed by atoms with Crippen LogP contribution in [-0.2, 0) is 17.5 Å². The fourth-order valence-electron chi connectivity index (χ4n) is 2.73. The van der Waals surface area contributed by atoms with Crippen LogP contribution in [0.15, 0.2) is 30.5 Å². The number of rotatable bonds is 5. The molecule has 3 aromatic rings. The highest BCUT2D eigenvalue weighted by Gasteiger charge is 2.39. The molecule has 2 heterocycles. The first-order chi connectivity index (χ1) is 14.0. The Morgan fingerprint density at radius 2 is 1.80 bits per heavy atom. The monoisotopic (exact) mass is 479 g/mol. The zero-order chi connectivity index (χ0) is 22.2. The number of nitrogens with one attached hydrogen (secondary N) is 1. The van der Waals surface area contributed by atoms with Crippen LogP contribution in [0.3, 0.4) is 0 Å². The third kappa shape index (κ3) is 4.74. The van der Waals surface area contributed by atoms with Crippen LogP contribution in [0.1, 0.15) is 29.9 Å². The standard InChI is InChI=1S/C18H15Cl3F3N5O/c1-9-14(21)15(18(22,23)24)26-29(9)10(2)17(30)25-16-13(20)8-28(27-16)7-11-3-5-12(19)6-4-11/h3-6,8,10H,7H2,1-2H3,(H,25,27,30). The topological polar surface area (TPSA) is 64.7 Å². The molecule has 3 rings (SSSR count). The summed E-state index contributed by atoms with van der Waals surface area (Å²) in [4.78, 5) is 12.6. The van der Waals surface area contributed by atoms with E-state index in [9.17, 15) is 18.0 Å². The van der Waals surface area contributed by atoms with Gasteiger partial charge >= 0.3 is 6.18 Å². The van der Waals surface area contributed by atoms with Crippen molar-refractivity contribution < 1.29 is 18.0 Å². The van der Waals surface area contributed by atoms with Crippen LogP contribution < -0.4 is 5.32 Å². The van der Waals surface area contributed by atoms with Gasteiger partial charge < -0.3 is 5.32 Å². The molecule has 2 aromatic heterocycles. The van der Waals surface area contributed by atoms with E-state index in [1.807, 2.05) is 12.1 Å². The predicted octanol–water partition coefficient (Wildman–Crippen LogP) is 5.62. The van der Waals surface area contributed by atoms with Crippen LogP contribution in [0.2, 0.25) is 15.1 Å². The van der Waals surface area contributed by atoms with E-state index < -0.39 is 28.8 Å². The zero-order valence-corrected chi connectivity index (χ0v) is 17.9. The van der Waals surface area contributed by atoms with E-state index in [1.165, 1.54) is 24.7 Å².